The van der Waals surface area contributed by atoms with Crippen molar-refractivity contribution in [2.75, 3.05) is 16.2 Å². The Balaban J connectivity index is 1.71. The van der Waals surface area contributed by atoms with Crippen molar-refractivity contribution in [2.45, 2.75) is 32.2 Å². The maximum absolute atomic E-state index is 13.1. The normalized spacial score (nSPS) is 13.7. The van der Waals surface area contributed by atoms with Gasteiger partial charge in [-0.25, -0.2) is 8.42 Å². The number of fused-ring (bicyclic) bond motifs is 1. The molecule has 0 saturated carbocycles. The van der Waals surface area contributed by atoms with Crippen molar-refractivity contribution in [1.82, 2.24) is 10.1 Å². The molecule has 3 aromatic rings. The molecule has 0 radical (unpaired) electrons. The SMILES string of the molecule is Cc1nc(CN2C(=O)COc3cc(S(=O)(=O)Nc4c(C)cccc4C)c(Cl)cc32)no1. The average molecular weight is 463 g/mol. The molecule has 0 fully saturated rings. The third kappa shape index (κ3) is 4.08. The molecule has 0 unspecified atom stereocenters. The molecule has 0 bridgehead atoms. The molecule has 0 aliphatic carbocycles. The number of anilines is 2. The highest BCUT2D eigenvalue weighted by molar-refractivity contribution is 7.92. The first-order valence-corrected chi connectivity index (χ1v) is 11.2. The minimum atomic E-state index is -4.01. The maximum atomic E-state index is 13.1. The number of hydrogen-bond acceptors (Lipinski definition) is 7. The van der Waals surface area contributed by atoms with Crippen LogP contribution in [0.3, 0.4) is 0 Å². The lowest BCUT2D eigenvalue weighted by Crippen LogP contribution is -2.38. The second kappa shape index (κ2) is 7.86. The summed E-state index contributed by atoms with van der Waals surface area (Å²) in [5.74, 6) is 0.553. The second-order valence-electron chi connectivity index (χ2n) is 7.12. The summed E-state index contributed by atoms with van der Waals surface area (Å²) < 4.78 is 39.2. The number of nitrogens with one attached hydrogen (secondary N) is 1. The molecular formula is C20H19ClN4O5S. The molecule has 1 aromatic heterocycles. The zero-order valence-electron chi connectivity index (χ0n) is 17.0. The van der Waals surface area contributed by atoms with Crippen LogP contribution in [0.1, 0.15) is 22.8 Å². The first-order valence-electron chi connectivity index (χ1n) is 9.30. The smallest absolute Gasteiger partial charge is 0.265 e. The molecule has 2 aromatic carbocycles. The van der Waals surface area contributed by atoms with E-state index >= 15 is 0 Å². The van der Waals surface area contributed by atoms with E-state index in [1.807, 2.05) is 32.0 Å². The van der Waals surface area contributed by atoms with Crippen molar-refractivity contribution in [1.29, 1.82) is 0 Å². The number of carbonyl (C=O) groups is 1. The molecule has 1 aliphatic heterocycles. The summed E-state index contributed by atoms with van der Waals surface area (Å²) in [6.07, 6.45) is 0. The van der Waals surface area contributed by atoms with Crippen molar-refractivity contribution in [2.24, 2.45) is 0 Å². The van der Waals surface area contributed by atoms with Crippen molar-refractivity contribution in [3.8, 4) is 5.75 Å². The summed E-state index contributed by atoms with van der Waals surface area (Å²) in [5.41, 5.74) is 2.37. The van der Waals surface area contributed by atoms with Crippen LogP contribution in [0.5, 0.6) is 5.75 Å². The van der Waals surface area contributed by atoms with E-state index in [0.29, 0.717) is 23.1 Å². The third-order valence-electron chi connectivity index (χ3n) is 4.83. The number of para-hydroxylation sites is 1. The highest BCUT2D eigenvalue weighted by atomic mass is 35.5. The molecule has 1 amide bonds. The Kier molecular flexibility index (Phi) is 5.36. The lowest BCUT2D eigenvalue weighted by molar-refractivity contribution is -0.121. The third-order valence-corrected chi connectivity index (χ3v) is 6.65. The van der Waals surface area contributed by atoms with E-state index < -0.39 is 10.0 Å². The van der Waals surface area contributed by atoms with E-state index in [2.05, 4.69) is 14.9 Å². The largest absolute Gasteiger partial charge is 0.482 e. The van der Waals surface area contributed by atoms with Gasteiger partial charge in [0.2, 0.25) is 5.89 Å². The van der Waals surface area contributed by atoms with Crippen LogP contribution in [0, 0.1) is 20.8 Å². The summed E-state index contributed by atoms with van der Waals surface area (Å²) in [4.78, 5) is 17.7. The molecule has 1 N–H and O–H groups in total. The summed E-state index contributed by atoms with van der Waals surface area (Å²) >= 11 is 6.35. The molecule has 0 saturated heterocycles. The Morgan fingerprint density at radius 3 is 2.55 bits per heavy atom. The Hall–Kier alpha value is -3.11. The number of rotatable bonds is 5. The minimum Gasteiger partial charge on any atom is -0.482 e. The van der Waals surface area contributed by atoms with Gasteiger partial charge >= 0.3 is 0 Å². The van der Waals surface area contributed by atoms with Gasteiger partial charge in [0.15, 0.2) is 12.4 Å². The predicted molar refractivity (Wildman–Crippen MR) is 114 cm³/mol. The fourth-order valence-electron chi connectivity index (χ4n) is 3.29. The molecule has 0 atom stereocenters. The number of benzene rings is 2. The van der Waals surface area contributed by atoms with Crippen LogP contribution in [0.4, 0.5) is 11.4 Å². The van der Waals surface area contributed by atoms with Gasteiger partial charge in [-0.15, -0.1) is 0 Å². The molecule has 31 heavy (non-hydrogen) atoms. The highest BCUT2D eigenvalue weighted by Crippen LogP contribution is 2.39. The van der Waals surface area contributed by atoms with Gasteiger partial charge in [0.25, 0.3) is 15.9 Å². The Labute approximate surface area is 184 Å². The van der Waals surface area contributed by atoms with E-state index in [0.717, 1.165) is 11.1 Å². The zero-order chi connectivity index (χ0) is 22.3. The van der Waals surface area contributed by atoms with Gasteiger partial charge in [-0.2, -0.15) is 4.98 Å². The number of ether oxygens (including phenoxy) is 1. The predicted octanol–water partition coefficient (Wildman–Crippen LogP) is 3.37. The molecule has 162 valence electrons. The minimum absolute atomic E-state index is 0.0373. The topological polar surface area (TPSA) is 115 Å². The van der Waals surface area contributed by atoms with Gasteiger partial charge in [0.1, 0.15) is 10.6 Å². The van der Waals surface area contributed by atoms with Crippen molar-refractivity contribution < 1.29 is 22.5 Å². The van der Waals surface area contributed by atoms with E-state index in [4.69, 9.17) is 20.9 Å². The number of halogens is 1. The van der Waals surface area contributed by atoms with Crippen LogP contribution in [-0.4, -0.2) is 31.1 Å². The number of aryl methyl sites for hydroxylation is 3. The van der Waals surface area contributed by atoms with Gasteiger partial charge in [0.05, 0.1) is 22.9 Å². The van der Waals surface area contributed by atoms with Crippen LogP contribution in [0.2, 0.25) is 5.02 Å². The first-order chi connectivity index (χ1) is 14.7. The molecular weight excluding hydrogens is 444 g/mol. The summed E-state index contributed by atoms with van der Waals surface area (Å²) in [5, 5.41) is 3.75. The van der Waals surface area contributed by atoms with Gasteiger partial charge in [-0.1, -0.05) is 35.0 Å². The quantitative estimate of drug-likeness (QED) is 0.618. The van der Waals surface area contributed by atoms with Gasteiger partial charge in [0, 0.05) is 13.0 Å². The van der Waals surface area contributed by atoms with Gasteiger partial charge < -0.3 is 9.26 Å². The number of carbonyl (C=O) groups excluding carboxylic acids is 1. The lowest BCUT2D eigenvalue weighted by Gasteiger charge is -2.29. The number of sulfonamides is 1. The van der Waals surface area contributed by atoms with Crippen LogP contribution >= 0.6 is 11.6 Å². The number of amides is 1. The zero-order valence-corrected chi connectivity index (χ0v) is 18.5. The Morgan fingerprint density at radius 2 is 1.90 bits per heavy atom. The number of hydrogen-bond donors (Lipinski definition) is 1. The van der Waals surface area contributed by atoms with Crippen molar-refractivity contribution in [3.05, 3.63) is 58.2 Å². The highest BCUT2D eigenvalue weighted by Gasteiger charge is 2.31. The van der Waals surface area contributed by atoms with Crippen LogP contribution in [0.25, 0.3) is 0 Å². The monoisotopic (exact) mass is 462 g/mol. The molecule has 0 spiro atoms. The maximum Gasteiger partial charge on any atom is 0.265 e. The average Bonchev–Trinajstić information content (AvgIpc) is 3.12. The number of aromatic nitrogens is 2. The van der Waals surface area contributed by atoms with Crippen molar-refractivity contribution in [3.63, 3.8) is 0 Å². The summed E-state index contributed by atoms with van der Waals surface area (Å²) in [6, 6.07) is 8.17. The molecule has 1 aliphatic rings. The molecule has 11 heteroatoms. The lowest BCUT2D eigenvalue weighted by atomic mass is 10.1. The van der Waals surface area contributed by atoms with E-state index in [-0.39, 0.29) is 34.7 Å². The van der Waals surface area contributed by atoms with Gasteiger partial charge in [-0.05, 0) is 31.0 Å². The standard InChI is InChI=1S/C20H19ClN4O5S/c1-11-5-4-6-12(2)20(11)24-31(27,28)17-8-16-15(7-14(17)21)25(19(26)10-29-16)9-18-22-13(3)30-23-18/h4-8,24H,9-10H2,1-3H3. The second-order valence-corrected chi connectivity index (χ2v) is 9.18. The molecule has 9 nitrogen and oxygen atoms in total. The van der Waals surface area contributed by atoms with Crippen LogP contribution < -0.4 is 14.4 Å². The van der Waals surface area contributed by atoms with Crippen LogP contribution in [-0.2, 0) is 21.4 Å². The van der Waals surface area contributed by atoms with Crippen LogP contribution in [0.15, 0.2) is 39.8 Å². The molecule has 2 heterocycles. The van der Waals surface area contributed by atoms with E-state index in [1.165, 1.54) is 17.0 Å². The van der Waals surface area contributed by atoms with Crippen molar-refractivity contribution >= 4 is 38.9 Å². The summed E-state index contributed by atoms with van der Waals surface area (Å²) in [7, 11) is -4.01. The first kappa shape index (κ1) is 21.1. The number of nitrogens with zero attached hydrogens (tertiary/aromatic N) is 3. The van der Waals surface area contributed by atoms with E-state index in [1.54, 1.807) is 6.92 Å². The fraction of sp³-hybridized carbons (Fsp3) is 0.250. The Bertz CT molecular complexity index is 1270. The van der Waals surface area contributed by atoms with E-state index in [9.17, 15) is 13.2 Å². The van der Waals surface area contributed by atoms with Gasteiger partial charge in [-0.3, -0.25) is 14.4 Å². The summed E-state index contributed by atoms with van der Waals surface area (Å²) in [6.45, 7) is 5.05. The molecule has 4 rings (SSSR count). The fourth-order valence-corrected chi connectivity index (χ4v) is 5.03. The Morgan fingerprint density at radius 1 is 1.19 bits per heavy atom.